The van der Waals surface area contributed by atoms with Crippen LogP contribution in [0.25, 0.3) is 0 Å². The first-order valence-corrected chi connectivity index (χ1v) is 12.5. The van der Waals surface area contributed by atoms with Crippen LogP contribution >= 0.6 is 11.9 Å². The van der Waals surface area contributed by atoms with E-state index in [0.717, 1.165) is 35.5 Å². The number of rotatable bonds is 7. The van der Waals surface area contributed by atoms with Gasteiger partial charge in [-0.1, -0.05) is 36.2 Å². The number of hydrogen-bond donors (Lipinski definition) is 0. The average molecular weight is 423 g/mol. The van der Waals surface area contributed by atoms with Crippen LogP contribution in [0.4, 0.5) is 0 Å². The fourth-order valence-electron chi connectivity index (χ4n) is 4.71. The Morgan fingerprint density at radius 2 is 1.80 bits per heavy atom. The van der Waals surface area contributed by atoms with Gasteiger partial charge in [0.05, 0.1) is 5.71 Å². The van der Waals surface area contributed by atoms with Crippen LogP contribution in [0.3, 0.4) is 0 Å². The molecule has 1 aromatic carbocycles. The molecule has 1 saturated heterocycles. The third-order valence-electron chi connectivity index (χ3n) is 6.58. The Kier molecular flexibility index (Phi) is 7.93. The molecule has 0 amide bonds. The zero-order valence-corrected chi connectivity index (χ0v) is 19.0. The van der Waals surface area contributed by atoms with Gasteiger partial charge >= 0.3 is 0 Å². The number of nitrogens with zero attached hydrogens (tertiary/aromatic N) is 4. The summed E-state index contributed by atoms with van der Waals surface area (Å²) in [6, 6.07) is 11.5. The van der Waals surface area contributed by atoms with Gasteiger partial charge < -0.3 is 4.90 Å². The molecule has 2 fully saturated rings. The lowest BCUT2D eigenvalue weighted by molar-refractivity contribution is 0.118. The van der Waals surface area contributed by atoms with Crippen molar-refractivity contribution < 1.29 is 0 Å². The highest BCUT2D eigenvalue weighted by Gasteiger charge is 2.26. The molecule has 0 bridgehead atoms. The largest absolute Gasteiger partial charge is 0.300 e. The van der Waals surface area contributed by atoms with Crippen LogP contribution in [-0.2, 0) is 6.42 Å². The molecule has 2 aromatic rings. The van der Waals surface area contributed by atoms with Gasteiger partial charge in [-0.05, 0) is 88.0 Å². The van der Waals surface area contributed by atoms with E-state index in [9.17, 15) is 0 Å². The highest BCUT2D eigenvalue weighted by Crippen LogP contribution is 2.31. The van der Waals surface area contributed by atoms with Crippen molar-refractivity contribution in [3.63, 3.8) is 0 Å². The van der Waals surface area contributed by atoms with Gasteiger partial charge in [0, 0.05) is 30.1 Å². The van der Waals surface area contributed by atoms with E-state index in [2.05, 4.69) is 46.1 Å². The minimum Gasteiger partial charge on any atom is -0.300 e. The van der Waals surface area contributed by atoms with Gasteiger partial charge in [0.2, 0.25) is 0 Å². The van der Waals surface area contributed by atoms with Gasteiger partial charge in [0.15, 0.2) is 0 Å². The molecule has 0 atom stereocenters. The second-order valence-electron chi connectivity index (χ2n) is 8.85. The van der Waals surface area contributed by atoms with Crippen LogP contribution in [0.5, 0.6) is 0 Å². The Labute approximate surface area is 185 Å². The lowest BCUT2D eigenvalue weighted by Crippen LogP contribution is -2.41. The van der Waals surface area contributed by atoms with Crippen LogP contribution in [-0.4, -0.2) is 45.5 Å². The van der Waals surface area contributed by atoms with Crippen molar-refractivity contribution in [3.05, 3.63) is 59.7 Å². The quantitative estimate of drug-likeness (QED) is 0.436. The maximum absolute atomic E-state index is 4.98. The second-order valence-corrected chi connectivity index (χ2v) is 9.62. The summed E-state index contributed by atoms with van der Waals surface area (Å²) < 4.78 is 4.98. The van der Waals surface area contributed by atoms with Crippen molar-refractivity contribution in [3.8, 4) is 0 Å². The predicted octanol–water partition coefficient (Wildman–Crippen LogP) is 5.51. The Bertz CT molecular complexity index is 792. The van der Waals surface area contributed by atoms with Crippen LogP contribution < -0.4 is 0 Å². The average Bonchev–Trinajstić information content (AvgIpc) is 2.81. The normalized spacial score (nSPS) is 23.4. The van der Waals surface area contributed by atoms with Crippen LogP contribution in [0.15, 0.2) is 47.3 Å². The highest BCUT2D eigenvalue weighted by molar-refractivity contribution is 7.98. The Morgan fingerprint density at radius 3 is 2.50 bits per heavy atom. The third-order valence-corrected chi connectivity index (χ3v) is 7.55. The summed E-state index contributed by atoms with van der Waals surface area (Å²) in [6.45, 7) is 4.79. The first-order chi connectivity index (χ1) is 14.8. The maximum atomic E-state index is 4.98. The topological polar surface area (TPSA) is 41.4 Å². The van der Waals surface area contributed by atoms with Gasteiger partial charge in [-0.25, -0.2) is 14.4 Å². The van der Waals surface area contributed by atoms with Crippen LogP contribution in [0.2, 0.25) is 0 Å². The standard InChI is InChI=1S/C25H34N4S/c1-20-5-9-22(10-6-20)25(17-23-13-14-26-19-27-23)28-30-18-21-7-11-24(12-8-21)29-15-3-2-4-16-29/h5-6,9-10,13-14,19,21,24H,2-4,7-8,11-12,15-18H2,1H3/b28-25+. The number of piperidine rings is 1. The van der Waals surface area contributed by atoms with Gasteiger partial charge in [-0.2, -0.15) is 0 Å². The molecule has 4 nitrogen and oxygen atoms in total. The summed E-state index contributed by atoms with van der Waals surface area (Å²) in [5, 5.41) is 0. The van der Waals surface area contributed by atoms with E-state index in [0.29, 0.717) is 0 Å². The second kappa shape index (κ2) is 11.1. The maximum Gasteiger partial charge on any atom is 0.115 e. The zero-order valence-electron chi connectivity index (χ0n) is 18.2. The summed E-state index contributed by atoms with van der Waals surface area (Å²) >= 11 is 1.75. The molecular formula is C25H34N4S. The fourth-order valence-corrected chi connectivity index (χ4v) is 5.65. The van der Waals surface area contributed by atoms with Crippen LogP contribution in [0, 0.1) is 12.8 Å². The molecule has 0 N–H and O–H groups in total. The number of aryl methyl sites for hydroxylation is 1. The lowest BCUT2D eigenvalue weighted by Gasteiger charge is -2.38. The molecule has 1 saturated carbocycles. The van der Waals surface area contributed by atoms with Crippen molar-refractivity contribution in [2.24, 2.45) is 10.3 Å². The molecule has 4 rings (SSSR count). The smallest absolute Gasteiger partial charge is 0.115 e. The minimum absolute atomic E-state index is 0.750. The van der Waals surface area contributed by atoms with E-state index in [-0.39, 0.29) is 0 Å². The van der Waals surface area contributed by atoms with Crippen molar-refractivity contribution in [2.45, 2.75) is 64.3 Å². The summed E-state index contributed by atoms with van der Waals surface area (Å²) in [6.07, 6.45) is 13.9. The number of aromatic nitrogens is 2. The van der Waals surface area contributed by atoms with Crippen molar-refractivity contribution in [1.29, 1.82) is 0 Å². The Balaban J connectivity index is 1.33. The molecule has 0 radical (unpaired) electrons. The predicted molar refractivity (Wildman–Crippen MR) is 127 cm³/mol. The summed E-state index contributed by atoms with van der Waals surface area (Å²) in [5.74, 6) is 1.93. The number of likely N-dealkylation sites (tertiary alicyclic amines) is 1. The van der Waals surface area contributed by atoms with Gasteiger partial charge in [0.25, 0.3) is 0 Å². The molecule has 1 aromatic heterocycles. The molecule has 0 unspecified atom stereocenters. The summed E-state index contributed by atoms with van der Waals surface area (Å²) in [7, 11) is 0. The third kappa shape index (κ3) is 6.14. The van der Waals surface area contributed by atoms with E-state index in [1.807, 2.05) is 12.3 Å². The minimum atomic E-state index is 0.750. The summed E-state index contributed by atoms with van der Waals surface area (Å²) in [4.78, 5) is 11.2. The van der Waals surface area contributed by atoms with Crippen molar-refractivity contribution in [2.75, 3.05) is 18.8 Å². The zero-order chi connectivity index (χ0) is 20.6. The van der Waals surface area contributed by atoms with E-state index in [4.69, 9.17) is 4.40 Å². The Hall–Kier alpha value is -1.72. The van der Waals surface area contributed by atoms with Crippen LogP contribution in [0.1, 0.15) is 61.8 Å². The van der Waals surface area contributed by atoms with Gasteiger partial charge in [-0.15, -0.1) is 0 Å². The van der Waals surface area contributed by atoms with Crippen molar-refractivity contribution in [1.82, 2.24) is 14.9 Å². The number of hydrogen-bond acceptors (Lipinski definition) is 5. The SMILES string of the molecule is Cc1ccc(/C(Cc2ccncn2)=N/SCC2CCC(N3CCCCC3)CC2)cc1. The summed E-state index contributed by atoms with van der Waals surface area (Å²) in [5.41, 5.74) is 4.60. The fraction of sp³-hybridized carbons (Fsp3) is 0.560. The first-order valence-electron chi connectivity index (χ1n) is 11.5. The van der Waals surface area contributed by atoms with E-state index >= 15 is 0 Å². The monoisotopic (exact) mass is 422 g/mol. The molecule has 5 heteroatoms. The lowest BCUT2D eigenvalue weighted by atomic mass is 9.86. The van der Waals surface area contributed by atoms with Gasteiger partial charge in [0.1, 0.15) is 6.33 Å². The molecular weight excluding hydrogens is 388 g/mol. The number of benzene rings is 1. The van der Waals surface area contributed by atoms with E-state index in [1.165, 1.54) is 69.2 Å². The molecule has 160 valence electrons. The van der Waals surface area contributed by atoms with E-state index in [1.54, 1.807) is 18.3 Å². The molecule has 2 heterocycles. The molecule has 1 aliphatic heterocycles. The highest BCUT2D eigenvalue weighted by atomic mass is 32.2. The molecule has 1 aliphatic carbocycles. The van der Waals surface area contributed by atoms with E-state index < -0.39 is 0 Å². The molecule has 2 aliphatic rings. The Morgan fingerprint density at radius 1 is 1.03 bits per heavy atom. The van der Waals surface area contributed by atoms with Crippen molar-refractivity contribution >= 4 is 17.7 Å². The molecule has 30 heavy (non-hydrogen) atoms. The van der Waals surface area contributed by atoms with Gasteiger partial charge in [-0.3, -0.25) is 0 Å². The first kappa shape index (κ1) is 21.5. The molecule has 0 spiro atoms.